The van der Waals surface area contributed by atoms with Crippen LogP contribution >= 0.6 is 11.8 Å². The van der Waals surface area contributed by atoms with E-state index in [9.17, 15) is 4.79 Å². The molecule has 0 unspecified atom stereocenters. The highest BCUT2D eigenvalue weighted by atomic mass is 32.2. The highest BCUT2D eigenvalue weighted by Gasteiger charge is 2.16. The first-order valence-corrected chi connectivity index (χ1v) is 5.71. The highest BCUT2D eigenvalue weighted by Crippen LogP contribution is 2.12. The number of amides is 1. The number of hydrogen-bond donors (Lipinski definition) is 0. The molecule has 0 aromatic heterocycles. The topological polar surface area (TPSA) is 20.3 Å². The van der Waals surface area contributed by atoms with Crippen LogP contribution in [0, 0.1) is 5.92 Å². The summed E-state index contributed by atoms with van der Waals surface area (Å²) in [5.41, 5.74) is 0. The van der Waals surface area contributed by atoms with Crippen LogP contribution in [0.4, 0.5) is 0 Å². The molecule has 0 spiro atoms. The maximum absolute atomic E-state index is 11.5. The number of thioether (sulfide) groups is 1. The van der Waals surface area contributed by atoms with Crippen LogP contribution in [-0.4, -0.2) is 35.4 Å². The van der Waals surface area contributed by atoms with E-state index < -0.39 is 0 Å². The third kappa shape index (κ3) is 3.05. The van der Waals surface area contributed by atoms with Gasteiger partial charge in [-0.1, -0.05) is 13.8 Å². The Kier molecular flexibility index (Phi) is 3.92. The molecule has 1 aliphatic heterocycles. The number of hydrogen-bond acceptors (Lipinski definition) is 2. The third-order valence-corrected chi connectivity index (χ3v) is 2.89. The molecule has 1 aliphatic rings. The van der Waals surface area contributed by atoms with Crippen molar-refractivity contribution in [3.05, 3.63) is 0 Å². The van der Waals surface area contributed by atoms with E-state index in [0.717, 1.165) is 24.6 Å². The molecule has 1 fully saturated rings. The summed E-state index contributed by atoms with van der Waals surface area (Å²) in [6, 6.07) is 0. The lowest BCUT2D eigenvalue weighted by Crippen LogP contribution is -2.38. The molecule has 2 nitrogen and oxygen atoms in total. The van der Waals surface area contributed by atoms with Crippen LogP contribution in [-0.2, 0) is 4.79 Å². The first kappa shape index (κ1) is 9.90. The van der Waals surface area contributed by atoms with E-state index in [-0.39, 0.29) is 0 Å². The molecule has 1 amide bonds. The highest BCUT2D eigenvalue weighted by molar-refractivity contribution is 7.99. The molecule has 0 aromatic carbocycles. The molecule has 0 aliphatic carbocycles. The minimum Gasteiger partial charge on any atom is -0.341 e. The molecule has 0 aromatic rings. The second-order valence-electron chi connectivity index (χ2n) is 3.59. The first-order chi connectivity index (χ1) is 5.70. The van der Waals surface area contributed by atoms with Gasteiger partial charge in [-0.2, -0.15) is 11.8 Å². The van der Waals surface area contributed by atoms with Crippen molar-refractivity contribution in [1.29, 1.82) is 0 Å². The molecular formula is C9H17NOS. The fraction of sp³-hybridized carbons (Fsp3) is 0.889. The van der Waals surface area contributed by atoms with Crippen molar-refractivity contribution < 1.29 is 4.79 Å². The standard InChI is InChI=1S/C9H17NOS/c1-8(2)7-9(11)10-3-5-12-6-4-10/h8H,3-7H2,1-2H3. The predicted octanol–water partition coefficient (Wildman–Crippen LogP) is 1.61. The number of rotatable bonds is 2. The maximum atomic E-state index is 11.5. The number of carbonyl (C=O) groups is 1. The van der Waals surface area contributed by atoms with Crippen LogP contribution in [0.1, 0.15) is 20.3 Å². The zero-order chi connectivity index (χ0) is 8.97. The van der Waals surface area contributed by atoms with Gasteiger partial charge in [0.25, 0.3) is 0 Å². The Morgan fingerprint density at radius 2 is 2.00 bits per heavy atom. The second-order valence-corrected chi connectivity index (χ2v) is 4.82. The summed E-state index contributed by atoms with van der Waals surface area (Å²) in [7, 11) is 0. The smallest absolute Gasteiger partial charge is 0.222 e. The summed E-state index contributed by atoms with van der Waals surface area (Å²) in [5.74, 6) is 3.06. The van der Waals surface area contributed by atoms with Gasteiger partial charge in [-0.15, -0.1) is 0 Å². The Morgan fingerprint density at radius 3 is 2.50 bits per heavy atom. The molecule has 70 valence electrons. The molecule has 0 saturated carbocycles. The number of carbonyl (C=O) groups excluding carboxylic acids is 1. The summed E-state index contributed by atoms with van der Waals surface area (Å²) in [6.07, 6.45) is 0.713. The normalized spacial score (nSPS) is 18.4. The van der Waals surface area contributed by atoms with Crippen molar-refractivity contribution in [2.75, 3.05) is 24.6 Å². The molecule has 1 rings (SSSR count). The van der Waals surface area contributed by atoms with Crippen LogP contribution in [0.2, 0.25) is 0 Å². The lowest BCUT2D eigenvalue weighted by Gasteiger charge is -2.27. The molecule has 0 bridgehead atoms. The van der Waals surface area contributed by atoms with Crippen molar-refractivity contribution in [3.63, 3.8) is 0 Å². The quantitative estimate of drug-likeness (QED) is 0.654. The summed E-state index contributed by atoms with van der Waals surface area (Å²) >= 11 is 1.94. The summed E-state index contributed by atoms with van der Waals surface area (Å²) < 4.78 is 0. The van der Waals surface area contributed by atoms with Gasteiger partial charge >= 0.3 is 0 Å². The van der Waals surface area contributed by atoms with Crippen LogP contribution < -0.4 is 0 Å². The van der Waals surface area contributed by atoms with E-state index in [1.54, 1.807) is 0 Å². The molecular weight excluding hydrogens is 170 g/mol. The van der Waals surface area contributed by atoms with E-state index in [1.807, 2.05) is 16.7 Å². The number of nitrogens with zero attached hydrogens (tertiary/aromatic N) is 1. The van der Waals surface area contributed by atoms with Gasteiger partial charge in [0.15, 0.2) is 0 Å². The summed E-state index contributed by atoms with van der Waals surface area (Å²) in [6.45, 7) is 6.10. The average Bonchev–Trinajstić information content (AvgIpc) is 2.05. The van der Waals surface area contributed by atoms with Crippen molar-refractivity contribution in [3.8, 4) is 0 Å². The van der Waals surface area contributed by atoms with E-state index in [0.29, 0.717) is 18.2 Å². The van der Waals surface area contributed by atoms with Gasteiger partial charge in [0.05, 0.1) is 0 Å². The van der Waals surface area contributed by atoms with Gasteiger partial charge in [-0.3, -0.25) is 4.79 Å². The van der Waals surface area contributed by atoms with Crippen molar-refractivity contribution >= 4 is 17.7 Å². The summed E-state index contributed by atoms with van der Waals surface area (Å²) in [4.78, 5) is 13.5. The monoisotopic (exact) mass is 187 g/mol. The van der Waals surface area contributed by atoms with E-state index in [1.165, 1.54) is 0 Å². The molecule has 1 heterocycles. The Labute approximate surface area is 78.7 Å². The van der Waals surface area contributed by atoms with Crippen LogP contribution in [0.3, 0.4) is 0 Å². The summed E-state index contributed by atoms with van der Waals surface area (Å²) in [5, 5.41) is 0. The van der Waals surface area contributed by atoms with E-state index in [4.69, 9.17) is 0 Å². The fourth-order valence-corrected chi connectivity index (χ4v) is 2.19. The Bertz CT molecular complexity index is 153. The lowest BCUT2D eigenvalue weighted by molar-refractivity contribution is -0.131. The zero-order valence-corrected chi connectivity index (χ0v) is 8.69. The largest absolute Gasteiger partial charge is 0.341 e. The van der Waals surface area contributed by atoms with Crippen LogP contribution in [0.15, 0.2) is 0 Å². The molecule has 0 radical (unpaired) electrons. The molecule has 0 N–H and O–H groups in total. The lowest BCUT2D eigenvalue weighted by atomic mass is 10.1. The Hall–Kier alpha value is -0.180. The third-order valence-electron chi connectivity index (χ3n) is 1.95. The van der Waals surface area contributed by atoms with Crippen molar-refractivity contribution in [2.24, 2.45) is 5.92 Å². The van der Waals surface area contributed by atoms with E-state index in [2.05, 4.69) is 13.8 Å². The second kappa shape index (κ2) is 4.75. The van der Waals surface area contributed by atoms with Gasteiger partial charge in [0.1, 0.15) is 0 Å². The van der Waals surface area contributed by atoms with E-state index >= 15 is 0 Å². The van der Waals surface area contributed by atoms with Gasteiger partial charge in [0.2, 0.25) is 5.91 Å². The average molecular weight is 187 g/mol. The van der Waals surface area contributed by atoms with Gasteiger partial charge < -0.3 is 4.90 Å². The van der Waals surface area contributed by atoms with Crippen molar-refractivity contribution in [1.82, 2.24) is 4.90 Å². The fourth-order valence-electron chi connectivity index (χ4n) is 1.29. The van der Waals surface area contributed by atoms with Gasteiger partial charge in [-0.25, -0.2) is 0 Å². The zero-order valence-electron chi connectivity index (χ0n) is 7.88. The molecule has 3 heteroatoms. The first-order valence-electron chi connectivity index (χ1n) is 4.55. The van der Waals surface area contributed by atoms with Crippen LogP contribution in [0.5, 0.6) is 0 Å². The predicted molar refractivity (Wildman–Crippen MR) is 53.4 cm³/mol. The van der Waals surface area contributed by atoms with Gasteiger partial charge in [0, 0.05) is 31.0 Å². The maximum Gasteiger partial charge on any atom is 0.222 e. The molecule has 0 atom stereocenters. The minimum atomic E-state index is 0.338. The molecule has 12 heavy (non-hydrogen) atoms. The molecule has 1 saturated heterocycles. The van der Waals surface area contributed by atoms with Crippen molar-refractivity contribution in [2.45, 2.75) is 20.3 Å². The SMILES string of the molecule is CC(C)CC(=O)N1CCSCC1. The Balaban J connectivity index is 2.30. The van der Waals surface area contributed by atoms with Gasteiger partial charge in [-0.05, 0) is 5.92 Å². The van der Waals surface area contributed by atoms with Crippen LogP contribution in [0.25, 0.3) is 0 Å². The Morgan fingerprint density at radius 1 is 1.42 bits per heavy atom. The minimum absolute atomic E-state index is 0.338.